The molecule has 2 fully saturated rings. The topological polar surface area (TPSA) is 40.5 Å². The predicted octanol–water partition coefficient (Wildman–Crippen LogP) is 3.15. The molecule has 3 aliphatic rings. The number of fused-ring (bicyclic) bond motifs is 2. The van der Waals surface area contributed by atoms with Gasteiger partial charge in [-0.2, -0.15) is 0 Å². The summed E-state index contributed by atoms with van der Waals surface area (Å²) in [7, 11) is 0. The first kappa shape index (κ1) is 14.2. The maximum absolute atomic E-state index is 14.5. The first-order valence-corrected chi connectivity index (χ1v) is 8.41. The molecule has 1 aliphatic heterocycles. The fourth-order valence-corrected chi connectivity index (χ4v) is 4.81. The minimum Gasteiger partial charge on any atom is -0.392 e. The molecule has 1 aromatic rings. The summed E-state index contributed by atoms with van der Waals surface area (Å²) >= 11 is 0. The molecule has 4 rings (SSSR count). The van der Waals surface area contributed by atoms with E-state index in [0.717, 1.165) is 49.8 Å². The summed E-state index contributed by atoms with van der Waals surface area (Å²) in [4.78, 5) is 14.7. The summed E-state index contributed by atoms with van der Waals surface area (Å²) in [5.74, 6) is -0.505. The lowest BCUT2D eigenvalue weighted by Crippen LogP contribution is -2.41. The molecule has 118 valence electrons. The molecule has 1 N–H and O–H groups in total. The van der Waals surface area contributed by atoms with Gasteiger partial charge in [0.1, 0.15) is 5.82 Å². The van der Waals surface area contributed by atoms with Gasteiger partial charge in [-0.1, -0.05) is 18.9 Å². The monoisotopic (exact) mass is 303 g/mol. The van der Waals surface area contributed by atoms with E-state index < -0.39 is 6.10 Å². The molecule has 0 aromatic heterocycles. The van der Waals surface area contributed by atoms with Gasteiger partial charge in [-0.25, -0.2) is 4.39 Å². The number of carbonyl (C=O) groups is 1. The Morgan fingerprint density at radius 3 is 2.68 bits per heavy atom. The third-order valence-corrected chi connectivity index (χ3v) is 5.90. The van der Waals surface area contributed by atoms with Gasteiger partial charge in [-0.15, -0.1) is 0 Å². The molecule has 0 bridgehead atoms. The number of halogens is 1. The average molecular weight is 303 g/mol. The van der Waals surface area contributed by atoms with E-state index in [1.807, 2.05) is 6.07 Å². The van der Waals surface area contributed by atoms with E-state index in [9.17, 15) is 14.3 Å². The summed E-state index contributed by atoms with van der Waals surface area (Å²) in [6.07, 6.45) is 5.91. The van der Waals surface area contributed by atoms with Crippen LogP contribution in [0.2, 0.25) is 0 Å². The van der Waals surface area contributed by atoms with Crippen LogP contribution in [-0.4, -0.2) is 23.7 Å². The number of hydrogen-bond acceptors (Lipinski definition) is 2. The van der Waals surface area contributed by atoms with Crippen LogP contribution in [0, 0.1) is 11.7 Å². The van der Waals surface area contributed by atoms with Crippen LogP contribution < -0.4 is 4.90 Å². The Morgan fingerprint density at radius 2 is 2.00 bits per heavy atom. The van der Waals surface area contributed by atoms with Crippen molar-refractivity contribution >= 4 is 11.6 Å². The molecule has 1 amide bonds. The lowest BCUT2D eigenvalue weighted by molar-refractivity contribution is -0.124. The van der Waals surface area contributed by atoms with Crippen molar-refractivity contribution in [2.24, 2.45) is 5.92 Å². The third-order valence-electron chi connectivity index (χ3n) is 5.90. The van der Waals surface area contributed by atoms with Crippen molar-refractivity contribution in [3.63, 3.8) is 0 Å². The number of carbonyl (C=O) groups excluding carboxylic acids is 1. The minimum atomic E-state index is -0.537. The number of rotatable bonds is 1. The van der Waals surface area contributed by atoms with Gasteiger partial charge in [0.2, 0.25) is 5.91 Å². The highest BCUT2D eigenvalue weighted by molar-refractivity contribution is 5.98. The highest BCUT2D eigenvalue weighted by Gasteiger charge is 2.49. The lowest BCUT2D eigenvalue weighted by atomic mass is 9.80. The second-order valence-corrected chi connectivity index (χ2v) is 7.15. The number of nitrogens with zero attached hydrogens (tertiary/aromatic N) is 1. The Kier molecular flexibility index (Phi) is 3.26. The highest BCUT2D eigenvalue weighted by Crippen LogP contribution is 2.52. The largest absolute Gasteiger partial charge is 0.392 e. The molecule has 0 saturated heterocycles. The molecular formula is C18H22FNO2. The molecule has 3 nitrogen and oxygen atoms in total. The normalized spacial score (nSPS) is 29.3. The van der Waals surface area contributed by atoms with Gasteiger partial charge in [0.25, 0.3) is 0 Å². The fraction of sp³-hybridized carbons (Fsp3) is 0.611. The predicted molar refractivity (Wildman–Crippen MR) is 82.2 cm³/mol. The number of aliphatic hydroxyl groups is 1. The Labute approximate surface area is 130 Å². The average Bonchev–Trinajstić information content (AvgIpc) is 3.20. The van der Waals surface area contributed by atoms with Crippen LogP contribution in [-0.2, 0) is 10.2 Å². The van der Waals surface area contributed by atoms with Gasteiger partial charge in [0.05, 0.1) is 17.7 Å². The molecule has 1 heterocycles. The Bertz CT molecular complexity index is 609. The van der Waals surface area contributed by atoms with Gasteiger partial charge < -0.3 is 10.0 Å². The molecule has 2 saturated carbocycles. The Balaban J connectivity index is 1.74. The second kappa shape index (κ2) is 5.05. The lowest BCUT2D eigenvalue weighted by Gasteiger charge is -2.27. The minimum absolute atomic E-state index is 0.0133. The van der Waals surface area contributed by atoms with Crippen molar-refractivity contribution in [1.82, 2.24) is 0 Å². The SMILES string of the molecule is O=C(C1CCCC1O)N1CC2(CCCC2)c2c(F)cccc21. The zero-order chi connectivity index (χ0) is 15.3. The Morgan fingerprint density at radius 1 is 1.23 bits per heavy atom. The Hall–Kier alpha value is -1.42. The molecule has 1 spiro atoms. The quantitative estimate of drug-likeness (QED) is 0.866. The highest BCUT2D eigenvalue weighted by atomic mass is 19.1. The summed E-state index contributed by atoms with van der Waals surface area (Å²) in [5, 5.41) is 10.1. The van der Waals surface area contributed by atoms with Crippen LogP contribution in [0.25, 0.3) is 0 Å². The molecule has 2 unspecified atom stereocenters. The third kappa shape index (κ3) is 1.93. The van der Waals surface area contributed by atoms with Gasteiger partial charge in [0, 0.05) is 17.5 Å². The smallest absolute Gasteiger partial charge is 0.232 e. The molecule has 22 heavy (non-hydrogen) atoms. The standard InChI is InChI=1S/C18H22FNO2/c19-13-6-4-7-14-16(13)18(9-1-2-10-18)11-20(14)17(22)12-5-3-8-15(12)21/h4,6-7,12,15,21H,1-3,5,8-11H2. The molecule has 1 aromatic carbocycles. The zero-order valence-corrected chi connectivity index (χ0v) is 12.7. The van der Waals surface area contributed by atoms with E-state index in [0.29, 0.717) is 13.0 Å². The number of aliphatic hydroxyl groups excluding tert-OH is 1. The molecular weight excluding hydrogens is 281 g/mol. The van der Waals surface area contributed by atoms with E-state index in [2.05, 4.69) is 0 Å². The maximum Gasteiger partial charge on any atom is 0.232 e. The van der Waals surface area contributed by atoms with Gasteiger partial charge in [0.15, 0.2) is 0 Å². The second-order valence-electron chi connectivity index (χ2n) is 7.15. The van der Waals surface area contributed by atoms with E-state index in [1.165, 1.54) is 6.07 Å². The molecule has 2 aliphatic carbocycles. The van der Waals surface area contributed by atoms with Crippen molar-refractivity contribution in [2.75, 3.05) is 11.4 Å². The van der Waals surface area contributed by atoms with E-state index in [-0.39, 0.29) is 23.1 Å². The van der Waals surface area contributed by atoms with Crippen LogP contribution in [0.4, 0.5) is 10.1 Å². The maximum atomic E-state index is 14.5. The number of amides is 1. The van der Waals surface area contributed by atoms with E-state index >= 15 is 0 Å². The van der Waals surface area contributed by atoms with Crippen LogP contribution >= 0.6 is 0 Å². The first-order valence-electron chi connectivity index (χ1n) is 8.41. The summed E-state index contributed by atoms with van der Waals surface area (Å²) < 4.78 is 14.5. The molecule has 4 heteroatoms. The number of anilines is 1. The zero-order valence-electron chi connectivity index (χ0n) is 12.7. The van der Waals surface area contributed by atoms with Crippen molar-refractivity contribution in [3.8, 4) is 0 Å². The van der Waals surface area contributed by atoms with E-state index in [4.69, 9.17) is 0 Å². The van der Waals surface area contributed by atoms with Crippen molar-refractivity contribution < 1.29 is 14.3 Å². The van der Waals surface area contributed by atoms with Crippen LogP contribution in [0.5, 0.6) is 0 Å². The van der Waals surface area contributed by atoms with Crippen molar-refractivity contribution in [3.05, 3.63) is 29.6 Å². The van der Waals surface area contributed by atoms with Gasteiger partial charge in [-0.05, 0) is 44.2 Å². The van der Waals surface area contributed by atoms with Crippen molar-refractivity contribution in [1.29, 1.82) is 0 Å². The number of benzene rings is 1. The van der Waals surface area contributed by atoms with Gasteiger partial charge in [-0.3, -0.25) is 4.79 Å². The molecule has 2 atom stereocenters. The van der Waals surface area contributed by atoms with E-state index in [1.54, 1.807) is 11.0 Å². The summed E-state index contributed by atoms with van der Waals surface area (Å²) in [6, 6.07) is 5.06. The summed E-state index contributed by atoms with van der Waals surface area (Å²) in [5.41, 5.74) is 1.29. The molecule has 0 radical (unpaired) electrons. The fourth-order valence-electron chi connectivity index (χ4n) is 4.81. The van der Waals surface area contributed by atoms with Crippen LogP contribution in [0.15, 0.2) is 18.2 Å². The van der Waals surface area contributed by atoms with Gasteiger partial charge >= 0.3 is 0 Å². The summed E-state index contributed by atoms with van der Waals surface area (Å²) in [6.45, 7) is 0.589. The first-order chi connectivity index (χ1) is 10.6. The number of hydrogen-bond donors (Lipinski definition) is 1. The van der Waals surface area contributed by atoms with Crippen LogP contribution in [0.3, 0.4) is 0 Å². The van der Waals surface area contributed by atoms with Crippen LogP contribution in [0.1, 0.15) is 50.5 Å². The van der Waals surface area contributed by atoms with Crippen molar-refractivity contribution in [2.45, 2.75) is 56.5 Å².